The summed E-state index contributed by atoms with van der Waals surface area (Å²) in [6.45, 7) is 1.88. The first-order chi connectivity index (χ1) is 8.75. The van der Waals surface area contributed by atoms with Crippen molar-refractivity contribution in [1.29, 1.82) is 0 Å². The number of H-pyrrole nitrogens is 1. The highest BCUT2D eigenvalue weighted by molar-refractivity contribution is 5.94. The number of aromatic carboxylic acids is 1. The second-order valence-electron chi connectivity index (χ2n) is 4.26. The molecule has 7 heteroatoms. The minimum atomic E-state index is -1.02. The number of carboxylic acid groups (broad SMARTS) is 1. The van der Waals surface area contributed by atoms with Gasteiger partial charge >= 0.3 is 5.97 Å². The molecule has 2 aromatic heterocycles. The fourth-order valence-corrected chi connectivity index (χ4v) is 2.19. The van der Waals surface area contributed by atoms with E-state index >= 15 is 0 Å². The van der Waals surface area contributed by atoms with Gasteiger partial charge in [-0.15, -0.1) is 0 Å². The van der Waals surface area contributed by atoms with E-state index in [0.29, 0.717) is 11.2 Å². The van der Waals surface area contributed by atoms with Crippen LogP contribution >= 0.6 is 0 Å². The summed E-state index contributed by atoms with van der Waals surface area (Å²) < 4.78 is 0. The molecular formula is C12H13ClN4O2. The quantitative estimate of drug-likeness (QED) is 0.547. The van der Waals surface area contributed by atoms with Crippen LogP contribution in [-0.4, -0.2) is 39.1 Å². The van der Waals surface area contributed by atoms with Crippen LogP contribution in [0.4, 0.5) is 0 Å². The number of imidazole rings is 1. The Kier molecular flexibility index (Phi) is 3.82. The number of aromatic nitrogens is 3. The van der Waals surface area contributed by atoms with E-state index in [1.54, 1.807) is 6.33 Å². The molecule has 3 rings (SSSR count). The van der Waals surface area contributed by atoms with Crippen LogP contribution in [0.15, 0.2) is 18.5 Å². The zero-order valence-electron chi connectivity index (χ0n) is 10.1. The Labute approximate surface area is 115 Å². The summed E-state index contributed by atoms with van der Waals surface area (Å²) in [4.78, 5) is 22.5. The highest BCUT2D eigenvalue weighted by atomic mass is 35.5. The summed E-state index contributed by atoms with van der Waals surface area (Å²) in [6, 6.07) is 1.52. The van der Waals surface area contributed by atoms with E-state index in [-0.39, 0.29) is 18.1 Å². The van der Waals surface area contributed by atoms with Gasteiger partial charge in [-0.25, -0.2) is 14.8 Å². The Balaban J connectivity index is 0.00000133. The highest BCUT2D eigenvalue weighted by Crippen LogP contribution is 2.22. The molecule has 1 aliphatic rings. The molecule has 100 valence electrons. The van der Waals surface area contributed by atoms with E-state index in [1.165, 1.54) is 6.07 Å². The molecule has 1 aliphatic heterocycles. The molecule has 0 aromatic carbocycles. The summed E-state index contributed by atoms with van der Waals surface area (Å²) in [5, 5.41) is 11.3. The summed E-state index contributed by atoms with van der Waals surface area (Å²) in [5.74, 6) is -1.02. The number of hydrogen-bond acceptors (Lipinski definition) is 3. The van der Waals surface area contributed by atoms with E-state index in [9.17, 15) is 4.79 Å². The second-order valence-corrected chi connectivity index (χ2v) is 4.26. The predicted molar refractivity (Wildman–Crippen MR) is 65.1 cm³/mol. The van der Waals surface area contributed by atoms with Crippen molar-refractivity contribution in [3.63, 3.8) is 0 Å². The fourth-order valence-electron chi connectivity index (χ4n) is 2.19. The van der Waals surface area contributed by atoms with Crippen LogP contribution in [0.25, 0.3) is 16.6 Å². The van der Waals surface area contributed by atoms with E-state index in [2.05, 4.69) is 26.3 Å². The summed E-state index contributed by atoms with van der Waals surface area (Å²) in [7, 11) is 0. The molecule has 0 saturated carbocycles. The Bertz CT molecular complexity index is 650. The topological polar surface area (TPSA) is 95.5 Å². The normalized spacial score (nSPS) is 14.8. The molecule has 0 radical (unpaired) electrons. The molecule has 6 nitrogen and oxygen atoms in total. The zero-order valence-corrected chi connectivity index (χ0v) is 10.8. The lowest BCUT2D eigenvalue weighted by atomic mass is 10.1. The Hall–Kier alpha value is -1.92. The van der Waals surface area contributed by atoms with Crippen LogP contribution in [-0.2, 0) is 0 Å². The lowest BCUT2D eigenvalue weighted by molar-refractivity contribution is -0.644. The van der Waals surface area contributed by atoms with Crippen LogP contribution in [0.1, 0.15) is 22.6 Å². The summed E-state index contributed by atoms with van der Waals surface area (Å²) in [6.07, 6.45) is 4.65. The molecule has 0 atom stereocenters. The van der Waals surface area contributed by atoms with Crippen molar-refractivity contribution >= 4 is 22.6 Å². The molecule has 0 aliphatic carbocycles. The molecule has 3 heterocycles. The number of aromatic amines is 1. The molecular weight excluding hydrogens is 268 g/mol. The SMILES string of the molecule is O=C(O)c1cc2[nH]cnc2c(C2=CCC[NH2+]C2)n1.[Cl-]. The van der Waals surface area contributed by atoms with Gasteiger partial charge in [-0.3, -0.25) is 0 Å². The van der Waals surface area contributed by atoms with Crippen molar-refractivity contribution in [2.75, 3.05) is 13.1 Å². The first kappa shape index (κ1) is 13.5. The molecule has 4 N–H and O–H groups in total. The molecule has 2 aromatic rings. The van der Waals surface area contributed by atoms with Gasteiger partial charge in [0.05, 0.1) is 18.4 Å². The third kappa shape index (κ3) is 2.45. The van der Waals surface area contributed by atoms with Crippen molar-refractivity contribution in [2.24, 2.45) is 0 Å². The van der Waals surface area contributed by atoms with Gasteiger partial charge in [0.1, 0.15) is 17.8 Å². The minimum absolute atomic E-state index is 0. The zero-order chi connectivity index (χ0) is 12.5. The lowest BCUT2D eigenvalue weighted by Crippen LogP contribution is -3.00. The minimum Gasteiger partial charge on any atom is -1.00 e. The van der Waals surface area contributed by atoms with Gasteiger partial charge < -0.3 is 27.8 Å². The number of quaternary nitrogens is 1. The fraction of sp³-hybridized carbons (Fsp3) is 0.250. The third-order valence-corrected chi connectivity index (χ3v) is 3.06. The van der Waals surface area contributed by atoms with Crippen LogP contribution in [0.3, 0.4) is 0 Å². The number of nitrogens with two attached hydrogens (primary N) is 1. The van der Waals surface area contributed by atoms with Gasteiger partial charge in [0.25, 0.3) is 0 Å². The van der Waals surface area contributed by atoms with Crippen LogP contribution in [0, 0.1) is 0 Å². The third-order valence-electron chi connectivity index (χ3n) is 3.06. The van der Waals surface area contributed by atoms with Crippen LogP contribution < -0.4 is 17.7 Å². The van der Waals surface area contributed by atoms with E-state index in [0.717, 1.165) is 30.6 Å². The maximum atomic E-state index is 11.1. The molecule has 0 unspecified atom stereocenters. The van der Waals surface area contributed by atoms with Gasteiger partial charge in [-0.2, -0.15) is 0 Å². The van der Waals surface area contributed by atoms with Gasteiger partial charge in [0, 0.05) is 12.0 Å². The van der Waals surface area contributed by atoms with Gasteiger partial charge in [-0.1, -0.05) is 6.08 Å². The predicted octanol–water partition coefficient (Wildman–Crippen LogP) is -2.99. The van der Waals surface area contributed by atoms with Gasteiger partial charge in [0.15, 0.2) is 5.69 Å². The second kappa shape index (κ2) is 5.38. The molecule has 0 amide bonds. The van der Waals surface area contributed by atoms with Crippen molar-refractivity contribution < 1.29 is 27.6 Å². The number of halogens is 1. The summed E-state index contributed by atoms with van der Waals surface area (Å²) >= 11 is 0. The average Bonchev–Trinajstić information content (AvgIpc) is 2.86. The van der Waals surface area contributed by atoms with Crippen molar-refractivity contribution in [1.82, 2.24) is 15.0 Å². The van der Waals surface area contributed by atoms with Crippen molar-refractivity contribution in [2.45, 2.75) is 6.42 Å². The Morgan fingerprint density at radius 3 is 3.00 bits per heavy atom. The number of carbonyl (C=O) groups is 1. The van der Waals surface area contributed by atoms with Crippen LogP contribution in [0.5, 0.6) is 0 Å². The average molecular weight is 281 g/mol. The standard InChI is InChI=1S/C12H12N4O2.ClH/c17-12(18)9-4-8-11(15-6-14-8)10(16-9)7-2-1-3-13-5-7;/h2,4,6,13H,1,3,5H2,(H,14,15)(H,17,18);1H. The highest BCUT2D eigenvalue weighted by Gasteiger charge is 2.18. The number of rotatable bonds is 2. The number of nitrogens with zero attached hydrogens (tertiary/aromatic N) is 2. The monoisotopic (exact) mass is 280 g/mol. The molecule has 19 heavy (non-hydrogen) atoms. The van der Waals surface area contributed by atoms with Gasteiger partial charge in [0.2, 0.25) is 0 Å². The smallest absolute Gasteiger partial charge is 0.354 e. The Morgan fingerprint density at radius 2 is 2.32 bits per heavy atom. The van der Waals surface area contributed by atoms with E-state index in [1.807, 2.05) is 0 Å². The number of nitrogens with one attached hydrogen (secondary N) is 1. The van der Waals surface area contributed by atoms with Crippen molar-refractivity contribution in [3.05, 3.63) is 29.9 Å². The summed E-state index contributed by atoms with van der Waals surface area (Å²) in [5.41, 5.74) is 3.24. The van der Waals surface area contributed by atoms with Gasteiger partial charge in [-0.05, 0) is 6.07 Å². The van der Waals surface area contributed by atoms with E-state index in [4.69, 9.17) is 5.11 Å². The van der Waals surface area contributed by atoms with Crippen LogP contribution in [0.2, 0.25) is 0 Å². The Morgan fingerprint density at radius 1 is 1.47 bits per heavy atom. The maximum Gasteiger partial charge on any atom is 0.354 e. The number of hydrogen-bond donors (Lipinski definition) is 3. The molecule has 0 fully saturated rings. The first-order valence-electron chi connectivity index (χ1n) is 5.84. The lowest BCUT2D eigenvalue weighted by Gasteiger charge is -2.12. The maximum absolute atomic E-state index is 11.1. The molecule has 0 spiro atoms. The number of fused-ring (bicyclic) bond motifs is 1. The molecule has 0 saturated heterocycles. The largest absolute Gasteiger partial charge is 1.00 e. The number of pyridine rings is 1. The van der Waals surface area contributed by atoms with Crippen molar-refractivity contribution in [3.8, 4) is 0 Å². The molecule has 0 bridgehead atoms. The first-order valence-corrected chi connectivity index (χ1v) is 5.84. The number of carboxylic acids is 1. The van der Waals surface area contributed by atoms with E-state index < -0.39 is 5.97 Å².